The van der Waals surface area contributed by atoms with Crippen LogP contribution in [0.3, 0.4) is 0 Å². The van der Waals surface area contributed by atoms with Crippen molar-refractivity contribution < 1.29 is 42.1 Å². The summed E-state index contributed by atoms with van der Waals surface area (Å²) < 4.78 is 0. The molecule has 0 bridgehead atoms. The molecule has 0 fully saturated rings. The summed E-state index contributed by atoms with van der Waals surface area (Å²) in [6.07, 6.45) is 3.26. The third-order valence-electron chi connectivity index (χ3n) is 10.5. The fourth-order valence-corrected chi connectivity index (χ4v) is 7.38. The van der Waals surface area contributed by atoms with E-state index in [0.29, 0.717) is 11.1 Å². The molecule has 2 atom stereocenters. The monoisotopic (exact) mass is 834 g/mol. The van der Waals surface area contributed by atoms with Crippen LogP contribution in [0.5, 0.6) is 11.5 Å². The minimum absolute atomic E-state index is 0. The number of aliphatic hydroxyl groups is 2. The normalized spacial score (nSPS) is 12.5. The Balaban J connectivity index is 0.000000201. The first-order valence-electron chi connectivity index (χ1n) is 19.8. The second-order valence-electron chi connectivity index (χ2n) is 14.3. The van der Waals surface area contributed by atoms with Gasteiger partial charge in [-0.1, -0.05) is 206 Å². The molecule has 0 saturated heterocycles. The van der Waals surface area contributed by atoms with E-state index in [1.165, 1.54) is 0 Å². The Bertz CT molecular complexity index is 2330. The fourth-order valence-electron chi connectivity index (χ4n) is 7.38. The number of aromatic hydroxyl groups is 2. The summed E-state index contributed by atoms with van der Waals surface area (Å²) in [6, 6.07) is 70.7. The van der Waals surface area contributed by atoms with E-state index in [-0.39, 0.29) is 33.2 Å². The summed E-state index contributed by atoms with van der Waals surface area (Å²) in [5, 5.41) is 44.8. The van der Waals surface area contributed by atoms with Crippen LogP contribution in [0.25, 0.3) is 0 Å². The first kappa shape index (κ1) is 43.9. The molecule has 7 heteroatoms. The van der Waals surface area contributed by atoms with Crippen LogP contribution in [0.15, 0.2) is 241 Å². The number of nitrogens with zero attached hydrogens (tertiary/aromatic N) is 2. The van der Waals surface area contributed by atoms with E-state index >= 15 is 0 Å². The van der Waals surface area contributed by atoms with Gasteiger partial charge in [0, 0.05) is 45.3 Å². The first-order valence-corrected chi connectivity index (χ1v) is 19.8. The maximum atomic E-state index is 12.2. The van der Waals surface area contributed by atoms with Crippen LogP contribution in [0, 0.1) is 0 Å². The smallest absolute Gasteiger partial charge is 0.141 e. The molecule has 8 rings (SSSR count). The van der Waals surface area contributed by atoms with E-state index in [0.717, 1.165) is 33.4 Å². The molecule has 0 amide bonds. The molecular formula is C54H46N2O4Ti. The van der Waals surface area contributed by atoms with Gasteiger partial charge in [-0.15, -0.1) is 0 Å². The zero-order chi connectivity index (χ0) is 41.6. The molecule has 0 saturated carbocycles. The summed E-state index contributed by atoms with van der Waals surface area (Å²) in [7, 11) is 0. The topological polar surface area (TPSA) is 106 Å². The summed E-state index contributed by atoms with van der Waals surface area (Å²) in [5.74, 6) is 0.298. The van der Waals surface area contributed by atoms with Crippen molar-refractivity contribution >= 4 is 12.4 Å². The number of rotatable bonds is 12. The molecule has 0 aliphatic heterocycles. The first-order chi connectivity index (χ1) is 29.4. The standard InChI is InChI=1S/2C27H23NO2.Ti/c2*29-25-19-11-10-14-22(25)20-28-26(21-12-4-1-5-13-21)27(30,23-15-6-2-7-16-23)24-17-8-3-9-18-24;/h2*1-20,26,29-30H;/t2*26-;/m11./s1. The van der Waals surface area contributed by atoms with Crippen molar-refractivity contribution in [3.63, 3.8) is 0 Å². The molecule has 300 valence electrons. The van der Waals surface area contributed by atoms with E-state index in [1.807, 2.05) is 194 Å². The molecule has 0 aliphatic rings. The van der Waals surface area contributed by atoms with Gasteiger partial charge in [0.25, 0.3) is 0 Å². The van der Waals surface area contributed by atoms with Crippen LogP contribution < -0.4 is 0 Å². The van der Waals surface area contributed by atoms with Crippen LogP contribution in [0.4, 0.5) is 0 Å². The molecule has 0 aromatic heterocycles. The molecule has 8 aromatic rings. The van der Waals surface area contributed by atoms with Gasteiger partial charge >= 0.3 is 0 Å². The zero-order valence-electron chi connectivity index (χ0n) is 33.4. The van der Waals surface area contributed by atoms with Gasteiger partial charge in [-0.25, -0.2) is 0 Å². The second kappa shape index (κ2) is 21.0. The van der Waals surface area contributed by atoms with Gasteiger partial charge < -0.3 is 20.4 Å². The van der Waals surface area contributed by atoms with Gasteiger partial charge in [0.05, 0.1) is 0 Å². The Morgan fingerprint density at radius 3 is 0.820 bits per heavy atom. The molecule has 0 heterocycles. The maximum Gasteiger partial charge on any atom is 0.141 e. The Morgan fingerprint density at radius 2 is 0.557 bits per heavy atom. The molecule has 0 radical (unpaired) electrons. The van der Waals surface area contributed by atoms with Crippen LogP contribution >= 0.6 is 0 Å². The molecule has 61 heavy (non-hydrogen) atoms. The van der Waals surface area contributed by atoms with Crippen LogP contribution in [0.2, 0.25) is 0 Å². The van der Waals surface area contributed by atoms with Crippen molar-refractivity contribution in [2.24, 2.45) is 9.98 Å². The number of aliphatic imine (C=N–C) groups is 2. The Labute approximate surface area is 372 Å². The number of phenols is 2. The van der Waals surface area contributed by atoms with Crippen molar-refractivity contribution in [1.82, 2.24) is 0 Å². The predicted molar refractivity (Wildman–Crippen MR) is 242 cm³/mol. The molecule has 0 aliphatic carbocycles. The number of benzene rings is 8. The Hall–Kier alpha value is -6.67. The molecular weight excluding hydrogens is 788 g/mol. The van der Waals surface area contributed by atoms with E-state index in [1.54, 1.807) is 48.8 Å². The second-order valence-corrected chi connectivity index (χ2v) is 14.3. The minimum atomic E-state index is -1.40. The van der Waals surface area contributed by atoms with Crippen LogP contribution in [-0.4, -0.2) is 32.9 Å². The number of para-hydroxylation sites is 2. The summed E-state index contributed by atoms with van der Waals surface area (Å²) in [6.45, 7) is 0. The zero-order valence-corrected chi connectivity index (χ0v) is 35.0. The van der Waals surface area contributed by atoms with Gasteiger partial charge in [-0.2, -0.15) is 0 Å². The average molecular weight is 835 g/mol. The van der Waals surface area contributed by atoms with Crippen LogP contribution in [0.1, 0.15) is 56.6 Å². The average Bonchev–Trinajstić information content (AvgIpc) is 3.32. The van der Waals surface area contributed by atoms with Gasteiger partial charge in [0.1, 0.15) is 34.8 Å². The molecule has 0 unspecified atom stereocenters. The molecule has 6 nitrogen and oxygen atoms in total. The quantitative estimate of drug-likeness (QED) is 0.0726. The third-order valence-corrected chi connectivity index (χ3v) is 10.5. The predicted octanol–water partition coefficient (Wildman–Crippen LogP) is 11.0. The molecule has 8 aromatic carbocycles. The van der Waals surface area contributed by atoms with Crippen molar-refractivity contribution in [2.45, 2.75) is 23.3 Å². The molecule has 0 spiro atoms. The van der Waals surface area contributed by atoms with E-state index in [4.69, 9.17) is 9.98 Å². The Morgan fingerprint density at radius 1 is 0.328 bits per heavy atom. The summed E-state index contributed by atoms with van der Waals surface area (Å²) >= 11 is 0. The fraction of sp³-hybridized carbons (Fsp3) is 0.0741. The van der Waals surface area contributed by atoms with Gasteiger partial charge in [0.2, 0.25) is 0 Å². The third kappa shape index (κ3) is 10.2. The minimum Gasteiger partial charge on any atom is -0.507 e. The van der Waals surface area contributed by atoms with E-state index in [9.17, 15) is 20.4 Å². The largest absolute Gasteiger partial charge is 0.507 e. The van der Waals surface area contributed by atoms with Crippen molar-refractivity contribution in [3.8, 4) is 11.5 Å². The van der Waals surface area contributed by atoms with E-state index in [2.05, 4.69) is 0 Å². The van der Waals surface area contributed by atoms with Crippen molar-refractivity contribution in [1.29, 1.82) is 0 Å². The van der Waals surface area contributed by atoms with Crippen LogP contribution in [-0.2, 0) is 32.9 Å². The van der Waals surface area contributed by atoms with Gasteiger partial charge in [0.15, 0.2) is 0 Å². The number of hydrogen-bond donors (Lipinski definition) is 4. The number of hydrogen-bond acceptors (Lipinski definition) is 6. The Kier molecular flexibility index (Phi) is 15.1. The van der Waals surface area contributed by atoms with Crippen molar-refractivity contribution in [3.05, 3.63) is 275 Å². The van der Waals surface area contributed by atoms with Gasteiger partial charge in [-0.05, 0) is 57.6 Å². The summed E-state index contributed by atoms with van der Waals surface area (Å²) in [4.78, 5) is 9.63. The maximum absolute atomic E-state index is 12.2. The van der Waals surface area contributed by atoms with Crippen molar-refractivity contribution in [2.75, 3.05) is 0 Å². The molecule has 4 N–H and O–H groups in total. The van der Waals surface area contributed by atoms with E-state index < -0.39 is 23.3 Å². The number of phenolic OH excluding ortho intramolecular Hbond substituents is 2. The van der Waals surface area contributed by atoms with Gasteiger partial charge in [-0.3, -0.25) is 9.98 Å². The SMILES string of the molecule is Oc1ccccc1C=N[C@H](c1ccccc1)C(O)(c1ccccc1)c1ccccc1.Oc1ccccc1C=N[C@H](c1ccccc1)C(O)(c1ccccc1)c1ccccc1.[Ti]. The summed E-state index contributed by atoms with van der Waals surface area (Å²) in [5.41, 5.74) is 3.15.